The van der Waals surface area contributed by atoms with E-state index in [1.165, 1.54) is 11.1 Å². The molecule has 0 bridgehead atoms. The van der Waals surface area contributed by atoms with E-state index in [9.17, 15) is 22.8 Å². The van der Waals surface area contributed by atoms with E-state index in [-0.39, 0.29) is 31.2 Å². The second-order valence-corrected chi connectivity index (χ2v) is 10.1. The summed E-state index contributed by atoms with van der Waals surface area (Å²) in [5.41, 5.74) is -0.315. The summed E-state index contributed by atoms with van der Waals surface area (Å²) in [6.07, 6.45) is -0.0800. The molecule has 1 aromatic carbocycles. The molecule has 1 aromatic rings. The van der Waals surface area contributed by atoms with Crippen molar-refractivity contribution in [3.8, 4) is 5.75 Å². The van der Waals surface area contributed by atoms with E-state index >= 15 is 0 Å². The number of nitrogens with zero attached hydrogens (tertiary/aromatic N) is 3. The zero-order valence-electron chi connectivity index (χ0n) is 22.3. The first-order valence-corrected chi connectivity index (χ1v) is 13.6. The van der Waals surface area contributed by atoms with E-state index in [0.29, 0.717) is 64.2 Å². The molecule has 0 radical (unpaired) electrons. The maximum atomic E-state index is 13.8. The lowest BCUT2D eigenvalue weighted by molar-refractivity contribution is -0.144. The Labute approximate surface area is 227 Å². The molecule has 2 atom stereocenters. The van der Waals surface area contributed by atoms with Crippen molar-refractivity contribution in [2.45, 2.75) is 44.8 Å². The molecule has 2 amide bonds. The fourth-order valence-electron chi connectivity index (χ4n) is 5.78. The van der Waals surface area contributed by atoms with Gasteiger partial charge in [0.2, 0.25) is 5.91 Å². The Balaban J connectivity index is 1.47. The third-order valence-electron chi connectivity index (χ3n) is 7.62. The van der Waals surface area contributed by atoms with E-state index < -0.39 is 29.6 Å². The normalized spacial score (nSPS) is 22.1. The Kier molecular flexibility index (Phi) is 9.42. The van der Waals surface area contributed by atoms with Gasteiger partial charge in [0.25, 0.3) is 5.91 Å². The topological polar surface area (TPSA) is 85.4 Å². The Morgan fingerprint density at radius 2 is 1.87 bits per heavy atom. The standard InChI is InChI=1S/C28H37F3N4O4/c1-2-6-23-20(7-5-12-35(23)27(38)21-19-32-11-10-22(21)28(29,30)31)26(37)34-15-13-33(14-16-34)24-8-3-4-9-25(24)39-18-17-36/h3-4,8-11,20,23,32,36H,2,5-7,12-19H2,1H3. The predicted octanol–water partition coefficient (Wildman–Crippen LogP) is 3.09. The highest BCUT2D eigenvalue weighted by Gasteiger charge is 2.43. The van der Waals surface area contributed by atoms with Crippen molar-refractivity contribution < 1.29 is 32.6 Å². The van der Waals surface area contributed by atoms with E-state index in [2.05, 4.69) is 10.2 Å². The molecule has 3 heterocycles. The van der Waals surface area contributed by atoms with Crippen molar-refractivity contribution in [1.82, 2.24) is 15.1 Å². The van der Waals surface area contributed by atoms with Crippen LogP contribution in [0.3, 0.4) is 0 Å². The smallest absolute Gasteiger partial charge is 0.416 e. The number of piperidine rings is 1. The average Bonchev–Trinajstić information content (AvgIpc) is 2.95. The number of hydrogen-bond acceptors (Lipinski definition) is 6. The minimum absolute atomic E-state index is 0.0397. The number of aliphatic hydroxyl groups excluding tert-OH is 1. The van der Waals surface area contributed by atoms with Crippen LogP contribution < -0.4 is 15.0 Å². The third kappa shape index (κ3) is 6.51. The van der Waals surface area contributed by atoms with E-state index in [0.717, 1.165) is 11.8 Å². The van der Waals surface area contributed by atoms with Gasteiger partial charge in [-0.25, -0.2) is 0 Å². The number of benzene rings is 1. The average molecular weight is 551 g/mol. The summed E-state index contributed by atoms with van der Waals surface area (Å²) in [5, 5.41) is 11.9. The van der Waals surface area contributed by atoms with Crippen molar-refractivity contribution in [2.24, 2.45) is 5.92 Å². The van der Waals surface area contributed by atoms with Crippen molar-refractivity contribution >= 4 is 17.5 Å². The first-order chi connectivity index (χ1) is 18.8. The molecule has 4 rings (SSSR count). The number of rotatable bonds is 8. The van der Waals surface area contributed by atoms with Gasteiger partial charge in [-0.1, -0.05) is 25.5 Å². The van der Waals surface area contributed by atoms with Crippen LogP contribution in [0.1, 0.15) is 32.6 Å². The second-order valence-electron chi connectivity index (χ2n) is 10.1. The number of ether oxygens (including phenoxy) is 1. The molecule has 8 nitrogen and oxygen atoms in total. The number of carbonyl (C=O) groups excluding carboxylic acids is 2. The maximum Gasteiger partial charge on any atom is 0.416 e. The molecular weight excluding hydrogens is 513 g/mol. The van der Waals surface area contributed by atoms with Gasteiger partial charge in [-0.2, -0.15) is 13.2 Å². The molecule has 39 heavy (non-hydrogen) atoms. The van der Waals surface area contributed by atoms with Crippen LogP contribution in [0, 0.1) is 5.92 Å². The van der Waals surface area contributed by atoms with Gasteiger partial charge in [0.1, 0.15) is 12.4 Å². The molecule has 3 aliphatic heterocycles. The molecule has 0 spiro atoms. The fourth-order valence-corrected chi connectivity index (χ4v) is 5.78. The Bertz CT molecular complexity index is 1080. The van der Waals surface area contributed by atoms with Crippen LogP contribution in [0.5, 0.6) is 5.75 Å². The molecule has 3 aliphatic rings. The number of piperazine rings is 1. The first-order valence-electron chi connectivity index (χ1n) is 13.6. The Morgan fingerprint density at radius 1 is 1.13 bits per heavy atom. The monoisotopic (exact) mass is 550 g/mol. The number of dihydropyridines is 1. The molecule has 11 heteroatoms. The minimum Gasteiger partial charge on any atom is -0.489 e. The zero-order chi connectivity index (χ0) is 28.0. The molecule has 2 N–H and O–H groups in total. The summed E-state index contributed by atoms with van der Waals surface area (Å²) in [4.78, 5) is 32.7. The Morgan fingerprint density at radius 3 is 2.56 bits per heavy atom. The number of halogens is 3. The minimum atomic E-state index is -4.63. The van der Waals surface area contributed by atoms with Crippen LogP contribution in [-0.4, -0.2) is 91.4 Å². The lowest BCUT2D eigenvalue weighted by Crippen LogP contribution is -2.57. The highest BCUT2D eigenvalue weighted by Crippen LogP contribution is 2.35. The maximum absolute atomic E-state index is 13.8. The lowest BCUT2D eigenvalue weighted by atomic mass is 9.84. The van der Waals surface area contributed by atoms with Gasteiger partial charge in [0, 0.05) is 50.9 Å². The number of amides is 2. The van der Waals surface area contributed by atoms with Crippen LogP contribution in [0.25, 0.3) is 0 Å². The predicted molar refractivity (Wildman–Crippen MR) is 141 cm³/mol. The molecule has 2 saturated heterocycles. The number of carbonyl (C=O) groups is 2. The van der Waals surface area contributed by atoms with E-state index in [4.69, 9.17) is 9.84 Å². The van der Waals surface area contributed by atoms with Crippen LogP contribution >= 0.6 is 0 Å². The lowest BCUT2D eigenvalue weighted by Gasteiger charge is -2.44. The molecule has 0 aliphatic carbocycles. The van der Waals surface area contributed by atoms with Crippen molar-refractivity contribution in [3.63, 3.8) is 0 Å². The number of allylic oxidation sites excluding steroid dienone is 2. The summed E-state index contributed by atoms with van der Waals surface area (Å²) < 4.78 is 46.7. The zero-order valence-corrected chi connectivity index (χ0v) is 22.3. The summed E-state index contributed by atoms with van der Waals surface area (Å²) in [5.74, 6) is -0.451. The summed E-state index contributed by atoms with van der Waals surface area (Å²) in [6, 6.07) is 7.14. The number of likely N-dealkylation sites (tertiary alicyclic amines) is 1. The molecule has 0 aromatic heterocycles. The number of nitrogens with one attached hydrogen (secondary N) is 1. The largest absolute Gasteiger partial charge is 0.489 e. The quantitative estimate of drug-likeness (QED) is 0.518. The van der Waals surface area contributed by atoms with Gasteiger partial charge < -0.3 is 29.9 Å². The first kappa shape index (κ1) is 28.8. The number of aliphatic hydroxyl groups is 1. The van der Waals surface area contributed by atoms with Gasteiger partial charge >= 0.3 is 6.18 Å². The molecule has 2 fully saturated rings. The SMILES string of the molecule is CCCC1C(C(=O)N2CCN(c3ccccc3OCCO)CC2)CCCN1C(=O)C1=C(C(F)(F)F)C=CNC1. The van der Waals surface area contributed by atoms with Gasteiger partial charge in [0.15, 0.2) is 0 Å². The highest BCUT2D eigenvalue weighted by atomic mass is 19.4. The summed E-state index contributed by atoms with van der Waals surface area (Å²) in [7, 11) is 0. The van der Waals surface area contributed by atoms with E-state index in [1.54, 1.807) is 0 Å². The number of alkyl halides is 3. The van der Waals surface area contributed by atoms with Gasteiger partial charge in [0.05, 0.1) is 23.8 Å². The second kappa shape index (κ2) is 12.8. The highest BCUT2D eigenvalue weighted by molar-refractivity contribution is 5.96. The summed E-state index contributed by atoms with van der Waals surface area (Å²) in [6.45, 7) is 4.39. The van der Waals surface area contributed by atoms with Gasteiger partial charge in [-0.3, -0.25) is 9.59 Å². The molecule has 0 saturated carbocycles. The van der Waals surface area contributed by atoms with Crippen molar-refractivity contribution in [1.29, 1.82) is 0 Å². The molecule has 2 unspecified atom stereocenters. The molecular formula is C28H37F3N4O4. The number of para-hydroxylation sites is 2. The van der Waals surface area contributed by atoms with Crippen molar-refractivity contribution in [2.75, 3.05) is 57.4 Å². The third-order valence-corrected chi connectivity index (χ3v) is 7.62. The number of anilines is 1. The van der Waals surface area contributed by atoms with Crippen LogP contribution in [0.15, 0.2) is 47.7 Å². The van der Waals surface area contributed by atoms with Crippen LogP contribution in [-0.2, 0) is 9.59 Å². The van der Waals surface area contributed by atoms with Crippen LogP contribution in [0.2, 0.25) is 0 Å². The molecule has 214 valence electrons. The summed E-state index contributed by atoms with van der Waals surface area (Å²) >= 11 is 0. The van der Waals surface area contributed by atoms with E-state index in [1.807, 2.05) is 36.1 Å². The fraction of sp³-hybridized carbons (Fsp3) is 0.571. The Hall–Kier alpha value is -3.21. The van der Waals surface area contributed by atoms with Gasteiger partial charge in [-0.05, 0) is 43.7 Å². The van der Waals surface area contributed by atoms with Crippen LogP contribution in [0.4, 0.5) is 18.9 Å². The number of hydrogen-bond donors (Lipinski definition) is 2. The van der Waals surface area contributed by atoms with Gasteiger partial charge in [-0.15, -0.1) is 0 Å². The van der Waals surface area contributed by atoms with Crippen molar-refractivity contribution in [3.05, 3.63) is 47.7 Å².